The molecular formula is C24H37ClN4O. The fourth-order valence-electron chi connectivity index (χ4n) is 5.44. The normalized spacial score (nSPS) is 24.9. The first-order valence-corrected chi connectivity index (χ1v) is 12.3. The van der Waals surface area contributed by atoms with Crippen LogP contribution >= 0.6 is 11.6 Å². The number of benzene rings is 1. The number of hydrogen-bond donors (Lipinski definition) is 1. The van der Waals surface area contributed by atoms with E-state index >= 15 is 0 Å². The predicted molar refractivity (Wildman–Crippen MR) is 123 cm³/mol. The molecule has 5 nitrogen and oxygen atoms in total. The Kier molecular flexibility index (Phi) is 8.05. The van der Waals surface area contributed by atoms with Gasteiger partial charge in [-0.3, -0.25) is 14.6 Å². The number of rotatable bonds is 8. The van der Waals surface area contributed by atoms with Crippen molar-refractivity contribution in [2.24, 2.45) is 0 Å². The summed E-state index contributed by atoms with van der Waals surface area (Å²) >= 11 is 6.51. The molecule has 3 aliphatic heterocycles. The van der Waals surface area contributed by atoms with Gasteiger partial charge in [-0.05, 0) is 82.9 Å². The summed E-state index contributed by atoms with van der Waals surface area (Å²) in [4.78, 5) is 20.3. The molecule has 0 aliphatic carbocycles. The zero-order valence-electron chi connectivity index (χ0n) is 18.2. The largest absolute Gasteiger partial charge is 0.353 e. The van der Waals surface area contributed by atoms with Crippen LogP contribution in [0.5, 0.6) is 0 Å². The van der Waals surface area contributed by atoms with Crippen molar-refractivity contribution in [3.05, 3.63) is 34.9 Å². The maximum absolute atomic E-state index is 12.9. The van der Waals surface area contributed by atoms with Crippen LogP contribution in [0.15, 0.2) is 24.3 Å². The molecule has 3 heterocycles. The lowest BCUT2D eigenvalue weighted by molar-refractivity contribution is -0.122. The minimum absolute atomic E-state index is 0.150. The van der Waals surface area contributed by atoms with Gasteiger partial charge in [-0.1, -0.05) is 36.2 Å². The van der Waals surface area contributed by atoms with Gasteiger partial charge in [0.1, 0.15) is 0 Å². The second-order valence-electron chi connectivity index (χ2n) is 9.21. The number of halogens is 1. The first-order valence-electron chi connectivity index (χ1n) is 11.9. The summed E-state index contributed by atoms with van der Waals surface area (Å²) in [7, 11) is 0. The van der Waals surface area contributed by atoms with Crippen LogP contribution in [0.2, 0.25) is 5.02 Å². The lowest BCUT2D eigenvalue weighted by Crippen LogP contribution is -2.47. The first kappa shape index (κ1) is 22.1. The third-order valence-electron chi connectivity index (χ3n) is 7.10. The monoisotopic (exact) mass is 432 g/mol. The van der Waals surface area contributed by atoms with Crippen LogP contribution in [-0.2, 0) is 4.79 Å². The molecule has 4 rings (SSSR count). The molecule has 3 saturated heterocycles. The van der Waals surface area contributed by atoms with Crippen molar-refractivity contribution in [3.8, 4) is 0 Å². The highest BCUT2D eigenvalue weighted by Gasteiger charge is 2.29. The molecule has 1 aromatic carbocycles. The average Bonchev–Trinajstić information content (AvgIpc) is 3.43. The molecule has 1 amide bonds. The molecule has 6 heteroatoms. The number of piperidine rings is 1. The molecule has 0 spiro atoms. The standard InChI is InChI=1S/C24H37ClN4O/c25-22-11-3-2-10-21(22)23(28-14-6-7-15-28)17-26-24(30)19-29-16-8-9-20(29)18-27-12-4-1-5-13-27/h2-3,10-11,20,23H,1,4-9,12-19H2,(H,26,30). The molecule has 0 saturated carbocycles. The van der Waals surface area contributed by atoms with Crippen LogP contribution in [0.25, 0.3) is 0 Å². The van der Waals surface area contributed by atoms with E-state index in [1.54, 1.807) is 0 Å². The highest BCUT2D eigenvalue weighted by Crippen LogP contribution is 2.29. The summed E-state index contributed by atoms with van der Waals surface area (Å²) in [6.45, 7) is 7.94. The van der Waals surface area contributed by atoms with E-state index in [1.807, 2.05) is 18.2 Å². The van der Waals surface area contributed by atoms with Crippen molar-refractivity contribution in [1.82, 2.24) is 20.0 Å². The van der Waals surface area contributed by atoms with Crippen molar-refractivity contribution in [1.29, 1.82) is 0 Å². The maximum atomic E-state index is 12.9. The highest BCUT2D eigenvalue weighted by atomic mass is 35.5. The second-order valence-corrected chi connectivity index (χ2v) is 9.62. The molecule has 30 heavy (non-hydrogen) atoms. The summed E-state index contributed by atoms with van der Waals surface area (Å²) in [6.07, 6.45) is 8.90. The number of nitrogens with zero attached hydrogens (tertiary/aromatic N) is 3. The molecule has 0 bridgehead atoms. The van der Waals surface area contributed by atoms with Crippen LogP contribution in [-0.4, -0.2) is 79.0 Å². The number of carbonyl (C=O) groups is 1. The van der Waals surface area contributed by atoms with E-state index in [0.29, 0.717) is 19.1 Å². The fourth-order valence-corrected chi connectivity index (χ4v) is 5.70. The van der Waals surface area contributed by atoms with E-state index < -0.39 is 0 Å². The summed E-state index contributed by atoms with van der Waals surface area (Å²) in [5, 5.41) is 4.04. The van der Waals surface area contributed by atoms with Crippen molar-refractivity contribution in [2.45, 2.75) is 57.0 Å². The van der Waals surface area contributed by atoms with E-state index in [2.05, 4.69) is 26.1 Å². The number of carbonyl (C=O) groups excluding carboxylic acids is 1. The topological polar surface area (TPSA) is 38.8 Å². The smallest absolute Gasteiger partial charge is 0.234 e. The van der Waals surface area contributed by atoms with Gasteiger partial charge >= 0.3 is 0 Å². The minimum Gasteiger partial charge on any atom is -0.353 e. The van der Waals surface area contributed by atoms with Crippen LogP contribution in [0.1, 0.15) is 56.6 Å². The van der Waals surface area contributed by atoms with Crippen LogP contribution in [0, 0.1) is 0 Å². The Hall–Kier alpha value is -1.14. The van der Waals surface area contributed by atoms with Crippen molar-refractivity contribution < 1.29 is 4.79 Å². The molecule has 1 N–H and O–H groups in total. The first-order chi connectivity index (χ1) is 14.7. The van der Waals surface area contributed by atoms with Gasteiger partial charge < -0.3 is 10.2 Å². The van der Waals surface area contributed by atoms with Gasteiger partial charge in [0.05, 0.1) is 12.6 Å². The molecular weight excluding hydrogens is 396 g/mol. The highest BCUT2D eigenvalue weighted by molar-refractivity contribution is 6.31. The van der Waals surface area contributed by atoms with E-state index in [0.717, 1.165) is 36.8 Å². The van der Waals surface area contributed by atoms with E-state index in [1.165, 1.54) is 58.0 Å². The Balaban J connectivity index is 1.31. The average molecular weight is 433 g/mol. The molecule has 0 aromatic heterocycles. The zero-order chi connectivity index (χ0) is 20.8. The molecule has 3 aliphatic rings. The van der Waals surface area contributed by atoms with Gasteiger partial charge in [0.25, 0.3) is 0 Å². The summed E-state index contributed by atoms with van der Waals surface area (Å²) in [6, 6.07) is 8.77. The Bertz CT molecular complexity index is 688. The Morgan fingerprint density at radius 3 is 2.50 bits per heavy atom. The molecule has 3 fully saturated rings. The van der Waals surface area contributed by atoms with E-state index in [9.17, 15) is 4.79 Å². The van der Waals surface area contributed by atoms with E-state index in [-0.39, 0.29) is 11.9 Å². The maximum Gasteiger partial charge on any atom is 0.234 e. The molecule has 166 valence electrons. The lowest BCUT2D eigenvalue weighted by atomic mass is 10.1. The quantitative estimate of drug-likeness (QED) is 0.681. The second kappa shape index (κ2) is 10.9. The fraction of sp³-hybridized carbons (Fsp3) is 0.708. The minimum atomic E-state index is 0.150. The summed E-state index contributed by atoms with van der Waals surface area (Å²) in [5.74, 6) is 0.150. The van der Waals surface area contributed by atoms with Gasteiger partial charge in [-0.25, -0.2) is 0 Å². The van der Waals surface area contributed by atoms with Crippen molar-refractivity contribution >= 4 is 17.5 Å². The van der Waals surface area contributed by atoms with Gasteiger partial charge in [0, 0.05) is 24.2 Å². The zero-order valence-corrected chi connectivity index (χ0v) is 19.0. The van der Waals surface area contributed by atoms with Gasteiger partial charge in [0.15, 0.2) is 0 Å². The Morgan fingerprint density at radius 2 is 1.73 bits per heavy atom. The SMILES string of the molecule is O=C(CN1CCCC1CN1CCCCC1)NCC(c1ccccc1Cl)N1CCCC1. The third kappa shape index (κ3) is 5.76. The molecule has 0 radical (unpaired) electrons. The van der Waals surface area contributed by atoms with Crippen LogP contribution < -0.4 is 5.32 Å². The Morgan fingerprint density at radius 1 is 1.00 bits per heavy atom. The Labute approximate surface area is 186 Å². The molecule has 2 atom stereocenters. The number of hydrogen-bond acceptors (Lipinski definition) is 4. The molecule has 2 unspecified atom stereocenters. The van der Waals surface area contributed by atoms with E-state index in [4.69, 9.17) is 11.6 Å². The van der Waals surface area contributed by atoms with Crippen LogP contribution in [0.4, 0.5) is 0 Å². The summed E-state index contributed by atoms with van der Waals surface area (Å²) in [5.41, 5.74) is 1.13. The number of nitrogens with one attached hydrogen (secondary N) is 1. The number of amides is 1. The van der Waals surface area contributed by atoms with Crippen molar-refractivity contribution in [3.63, 3.8) is 0 Å². The van der Waals surface area contributed by atoms with Crippen LogP contribution in [0.3, 0.4) is 0 Å². The van der Waals surface area contributed by atoms with Crippen molar-refractivity contribution in [2.75, 3.05) is 52.4 Å². The summed E-state index contributed by atoms with van der Waals surface area (Å²) < 4.78 is 0. The van der Waals surface area contributed by atoms with Gasteiger partial charge in [0.2, 0.25) is 5.91 Å². The lowest BCUT2D eigenvalue weighted by Gasteiger charge is -2.33. The third-order valence-corrected chi connectivity index (χ3v) is 7.45. The van der Waals surface area contributed by atoms with Gasteiger partial charge in [-0.2, -0.15) is 0 Å². The molecule has 1 aromatic rings. The predicted octanol–water partition coefficient (Wildman–Crippen LogP) is 3.54. The number of likely N-dealkylation sites (tertiary alicyclic amines) is 3. The van der Waals surface area contributed by atoms with Gasteiger partial charge in [-0.15, -0.1) is 0 Å².